The maximum Gasteiger partial charge on any atom is 0.432 e. The van der Waals surface area contributed by atoms with E-state index in [0.717, 1.165) is 17.2 Å². The van der Waals surface area contributed by atoms with Gasteiger partial charge in [0.25, 0.3) is 0 Å². The fourth-order valence-corrected chi connectivity index (χ4v) is 2.52. The Kier molecular flexibility index (Phi) is 3.64. The topological polar surface area (TPSA) is 68.6 Å². The number of rotatable bonds is 3. The summed E-state index contributed by atoms with van der Waals surface area (Å²) in [6.07, 6.45) is -0.606. The number of hydrogen-bond acceptors (Lipinski definition) is 4. The van der Waals surface area contributed by atoms with Gasteiger partial charge >= 0.3 is 6.18 Å². The fourth-order valence-electron chi connectivity index (χ4n) is 2.52. The molecule has 3 heterocycles. The van der Waals surface area contributed by atoms with Crippen molar-refractivity contribution >= 4 is 11.0 Å². The summed E-state index contributed by atoms with van der Waals surface area (Å²) in [7, 11) is 1.89. The number of aromatic amines is 1. The van der Waals surface area contributed by atoms with Gasteiger partial charge in [0.1, 0.15) is 22.9 Å². The Morgan fingerprint density at radius 1 is 1.04 bits per heavy atom. The number of hydrogen-bond donors (Lipinski definition) is 1. The number of ether oxygens (including phenoxy) is 1. The van der Waals surface area contributed by atoms with Gasteiger partial charge in [0, 0.05) is 25.4 Å². The summed E-state index contributed by atoms with van der Waals surface area (Å²) in [6, 6.07) is 8.58. The van der Waals surface area contributed by atoms with Crippen LogP contribution in [0, 0.1) is 0 Å². The van der Waals surface area contributed by atoms with E-state index in [-0.39, 0.29) is 11.5 Å². The van der Waals surface area contributed by atoms with Crippen LogP contribution in [0.15, 0.2) is 49.1 Å². The number of aromatic nitrogens is 5. The van der Waals surface area contributed by atoms with Gasteiger partial charge in [-0.25, -0.2) is 9.97 Å². The number of aryl methyl sites for hydroxylation is 1. The summed E-state index contributed by atoms with van der Waals surface area (Å²) in [5.74, 6) is 1.00. The zero-order valence-corrected chi connectivity index (χ0v) is 13.4. The smallest absolute Gasteiger partial charge is 0.432 e. The molecule has 1 N–H and O–H groups in total. The highest BCUT2D eigenvalue weighted by atomic mass is 19.4. The van der Waals surface area contributed by atoms with Crippen molar-refractivity contribution in [2.45, 2.75) is 6.18 Å². The predicted molar refractivity (Wildman–Crippen MR) is 87.6 cm³/mol. The van der Waals surface area contributed by atoms with Crippen LogP contribution in [0.25, 0.3) is 22.6 Å². The van der Waals surface area contributed by atoms with Crippen LogP contribution in [-0.2, 0) is 13.2 Å². The normalized spacial score (nSPS) is 11.8. The van der Waals surface area contributed by atoms with Crippen molar-refractivity contribution in [1.29, 1.82) is 0 Å². The molecule has 0 bridgehead atoms. The van der Waals surface area contributed by atoms with E-state index >= 15 is 0 Å². The van der Waals surface area contributed by atoms with E-state index in [1.165, 1.54) is 12.3 Å². The number of halogens is 3. The molecule has 6 nitrogen and oxygen atoms in total. The van der Waals surface area contributed by atoms with Gasteiger partial charge in [0.05, 0.1) is 23.6 Å². The lowest BCUT2D eigenvalue weighted by atomic mass is 10.3. The molecule has 0 amide bonds. The average molecular weight is 359 g/mol. The van der Waals surface area contributed by atoms with E-state index in [4.69, 9.17) is 4.74 Å². The second-order valence-electron chi connectivity index (χ2n) is 5.63. The molecule has 0 unspecified atom stereocenters. The molecule has 0 saturated heterocycles. The Hall–Kier alpha value is -3.36. The summed E-state index contributed by atoms with van der Waals surface area (Å²) < 4.78 is 45.7. The van der Waals surface area contributed by atoms with Crippen molar-refractivity contribution in [3.05, 3.63) is 54.7 Å². The molecule has 3 aromatic heterocycles. The molecule has 9 heteroatoms. The highest BCUT2D eigenvalue weighted by molar-refractivity contribution is 5.77. The molecule has 0 aliphatic rings. The van der Waals surface area contributed by atoms with Gasteiger partial charge < -0.3 is 14.3 Å². The van der Waals surface area contributed by atoms with Crippen LogP contribution in [0.1, 0.15) is 5.69 Å². The molecule has 0 fully saturated rings. The number of nitrogens with one attached hydrogen (secondary N) is 1. The zero-order valence-electron chi connectivity index (χ0n) is 13.4. The van der Waals surface area contributed by atoms with Crippen LogP contribution in [0.4, 0.5) is 13.2 Å². The first-order valence-electron chi connectivity index (χ1n) is 7.58. The lowest BCUT2D eigenvalue weighted by Gasteiger charge is -2.07. The molecule has 0 radical (unpaired) electrons. The number of benzene rings is 1. The molecule has 1 aromatic carbocycles. The maximum absolute atomic E-state index is 12.7. The summed E-state index contributed by atoms with van der Waals surface area (Å²) in [5.41, 5.74) is 1.06. The first-order valence-corrected chi connectivity index (χ1v) is 7.58. The number of alkyl halides is 3. The Labute approximate surface area is 145 Å². The van der Waals surface area contributed by atoms with E-state index in [1.807, 2.05) is 17.7 Å². The maximum atomic E-state index is 12.7. The highest BCUT2D eigenvalue weighted by Gasteiger charge is 2.33. The average Bonchev–Trinajstić information content (AvgIpc) is 3.23. The highest BCUT2D eigenvalue weighted by Crippen LogP contribution is 2.30. The zero-order chi connectivity index (χ0) is 18.3. The van der Waals surface area contributed by atoms with Gasteiger partial charge in [-0.15, -0.1) is 0 Å². The minimum Gasteiger partial charge on any atom is -0.457 e. The van der Waals surface area contributed by atoms with Crippen molar-refractivity contribution in [2.75, 3.05) is 0 Å². The van der Waals surface area contributed by atoms with Crippen LogP contribution in [0.2, 0.25) is 0 Å². The van der Waals surface area contributed by atoms with E-state index in [1.54, 1.807) is 24.5 Å². The van der Waals surface area contributed by atoms with Gasteiger partial charge in [-0.05, 0) is 18.2 Å². The van der Waals surface area contributed by atoms with Gasteiger partial charge in [-0.2, -0.15) is 13.2 Å². The van der Waals surface area contributed by atoms with E-state index in [2.05, 4.69) is 19.9 Å². The Bertz CT molecular complexity index is 1080. The Balaban J connectivity index is 1.61. The van der Waals surface area contributed by atoms with Gasteiger partial charge in [0.15, 0.2) is 5.82 Å². The van der Waals surface area contributed by atoms with E-state index in [0.29, 0.717) is 11.5 Å². The molecule has 26 heavy (non-hydrogen) atoms. The van der Waals surface area contributed by atoms with Gasteiger partial charge in [-0.1, -0.05) is 0 Å². The Morgan fingerprint density at radius 2 is 1.85 bits per heavy atom. The molecule has 132 valence electrons. The van der Waals surface area contributed by atoms with Crippen LogP contribution in [0.3, 0.4) is 0 Å². The van der Waals surface area contributed by atoms with Crippen molar-refractivity contribution in [2.24, 2.45) is 7.05 Å². The minimum atomic E-state index is -4.49. The molecular weight excluding hydrogens is 347 g/mol. The van der Waals surface area contributed by atoms with Crippen LogP contribution in [0.5, 0.6) is 11.5 Å². The molecule has 0 aliphatic heterocycles. The number of fused-ring (bicyclic) bond motifs is 1. The first kappa shape index (κ1) is 16.1. The van der Waals surface area contributed by atoms with Gasteiger partial charge in [0.2, 0.25) is 0 Å². The fraction of sp³-hybridized carbons (Fsp3) is 0.118. The third-order valence-corrected chi connectivity index (χ3v) is 3.79. The summed E-state index contributed by atoms with van der Waals surface area (Å²) in [6.45, 7) is 0. The number of H-pyrrole nitrogens is 1. The molecule has 4 rings (SSSR count). The third kappa shape index (κ3) is 2.99. The van der Waals surface area contributed by atoms with E-state index < -0.39 is 11.9 Å². The van der Waals surface area contributed by atoms with Crippen molar-refractivity contribution in [3.8, 4) is 23.0 Å². The molecule has 0 spiro atoms. The third-order valence-electron chi connectivity index (χ3n) is 3.79. The molecule has 0 aliphatic carbocycles. The van der Waals surface area contributed by atoms with Crippen molar-refractivity contribution in [3.63, 3.8) is 0 Å². The van der Waals surface area contributed by atoms with Gasteiger partial charge in [-0.3, -0.25) is 4.98 Å². The molecular formula is C17H12F3N5O. The number of nitrogens with zero attached hydrogens (tertiary/aromatic N) is 4. The summed E-state index contributed by atoms with van der Waals surface area (Å²) in [5, 5.41) is 0. The van der Waals surface area contributed by atoms with Crippen molar-refractivity contribution < 1.29 is 17.9 Å². The lowest BCUT2D eigenvalue weighted by molar-refractivity contribution is -0.140. The minimum absolute atomic E-state index is 0.0166. The lowest BCUT2D eigenvalue weighted by Crippen LogP contribution is -2.04. The predicted octanol–water partition coefficient (Wildman–Crippen LogP) is 4.17. The van der Waals surface area contributed by atoms with Crippen LogP contribution in [-0.4, -0.2) is 24.5 Å². The standard InChI is InChI=1S/C17H12F3N5O/c1-25-9-23-12-6-10(2-3-14(12)25)26-11-4-5-21-13(7-11)16-22-8-15(24-16)17(18,19)20/h2-9H,1H3,(H,22,24). The van der Waals surface area contributed by atoms with Crippen LogP contribution < -0.4 is 4.74 Å². The monoisotopic (exact) mass is 359 g/mol. The summed E-state index contributed by atoms with van der Waals surface area (Å²) >= 11 is 0. The SMILES string of the molecule is Cn1cnc2cc(Oc3ccnc(-c4ncc(C(F)(F)F)[nH]4)c3)ccc21. The van der Waals surface area contributed by atoms with Crippen LogP contribution >= 0.6 is 0 Å². The second kappa shape index (κ2) is 5.87. The van der Waals surface area contributed by atoms with E-state index in [9.17, 15) is 13.2 Å². The molecule has 0 atom stereocenters. The molecule has 0 saturated carbocycles. The quantitative estimate of drug-likeness (QED) is 0.596. The first-order chi connectivity index (χ1) is 12.4. The summed E-state index contributed by atoms with van der Waals surface area (Å²) in [4.78, 5) is 14.3. The van der Waals surface area contributed by atoms with Crippen molar-refractivity contribution in [1.82, 2.24) is 24.5 Å². The Morgan fingerprint density at radius 3 is 2.62 bits per heavy atom. The number of pyridine rings is 1. The largest absolute Gasteiger partial charge is 0.457 e. The molecule has 4 aromatic rings. The number of imidazole rings is 2. The second-order valence-corrected chi connectivity index (χ2v) is 5.63.